The third-order valence-electron chi connectivity index (χ3n) is 3.41. The first-order valence-electron chi connectivity index (χ1n) is 8.05. The molecule has 0 radical (unpaired) electrons. The van der Waals surface area contributed by atoms with Gasteiger partial charge in [-0.05, 0) is 43.1 Å². The molecule has 2 aromatic rings. The van der Waals surface area contributed by atoms with Gasteiger partial charge in [0.2, 0.25) is 11.8 Å². The zero-order chi connectivity index (χ0) is 17.2. The van der Waals surface area contributed by atoms with Gasteiger partial charge in [-0.1, -0.05) is 36.4 Å². The van der Waals surface area contributed by atoms with Crippen molar-refractivity contribution >= 4 is 23.2 Å². The summed E-state index contributed by atoms with van der Waals surface area (Å²) >= 11 is 0. The second kappa shape index (κ2) is 9.47. The highest BCUT2D eigenvalue weighted by Gasteiger charge is 2.03. The minimum atomic E-state index is -0.140. The Balaban J connectivity index is 1.67. The SMILES string of the molecule is CC(=O)Nc1cccc(NC(=O)CNCCCc2ccccc2)c1. The molecule has 0 saturated heterocycles. The maximum atomic E-state index is 11.9. The average molecular weight is 325 g/mol. The molecule has 2 amide bonds. The van der Waals surface area contributed by atoms with E-state index >= 15 is 0 Å². The molecule has 0 aromatic heterocycles. The minimum Gasteiger partial charge on any atom is -0.326 e. The third-order valence-corrected chi connectivity index (χ3v) is 3.41. The van der Waals surface area contributed by atoms with Crippen LogP contribution < -0.4 is 16.0 Å². The molecular weight excluding hydrogens is 302 g/mol. The third kappa shape index (κ3) is 6.62. The molecule has 5 nitrogen and oxygen atoms in total. The summed E-state index contributed by atoms with van der Waals surface area (Å²) in [7, 11) is 0. The predicted molar refractivity (Wildman–Crippen MR) is 97.0 cm³/mol. The van der Waals surface area contributed by atoms with Crippen LogP contribution >= 0.6 is 0 Å². The highest BCUT2D eigenvalue weighted by atomic mass is 16.2. The van der Waals surface area contributed by atoms with Gasteiger partial charge in [0.15, 0.2) is 0 Å². The number of carbonyl (C=O) groups is 2. The van der Waals surface area contributed by atoms with Gasteiger partial charge in [-0.2, -0.15) is 0 Å². The molecule has 0 atom stereocenters. The summed E-state index contributed by atoms with van der Waals surface area (Å²) in [6.07, 6.45) is 1.98. The van der Waals surface area contributed by atoms with Crippen molar-refractivity contribution < 1.29 is 9.59 Å². The molecule has 0 aliphatic carbocycles. The fourth-order valence-electron chi connectivity index (χ4n) is 2.35. The summed E-state index contributed by atoms with van der Waals surface area (Å²) in [5.74, 6) is -0.242. The summed E-state index contributed by atoms with van der Waals surface area (Å²) in [5, 5.41) is 8.64. The van der Waals surface area contributed by atoms with Gasteiger partial charge in [-0.3, -0.25) is 9.59 Å². The Morgan fingerprint density at radius 3 is 2.33 bits per heavy atom. The first kappa shape index (κ1) is 17.7. The predicted octanol–water partition coefficient (Wildman–Crippen LogP) is 2.81. The first-order chi connectivity index (χ1) is 11.6. The van der Waals surface area contributed by atoms with Crippen LogP contribution in [-0.2, 0) is 16.0 Å². The first-order valence-corrected chi connectivity index (χ1v) is 8.05. The molecule has 24 heavy (non-hydrogen) atoms. The Morgan fingerprint density at radius 2 is 1.62 bits per heavy atom. The summed E-state index contributed by atoms with van der Waals surface area (Å²) in [6.45, 7) is 2.50. The van der Waals surface area contributed by atoms with Crippen molar-refractivity contribution in [1.82, 2.24) is 5.32 Å². The monoisotopic (exact) mass is 325 g/mol. The highest BCUT2D eigenvalue weighted by molar-refractivity contribution is 5.94. The molecule has 0 aliphatic rings. The largest absolute Gasteiger partial charge is 0.326 e. The van der Waals surface area contributed by atoms with Crippen LogP contribution in [0.15, 0.2) is 54.6 Å². The molecule has 0 fully saturated rings. The second-order valence-electron chi connectivity index (χ2n) is 5.58. The van der Waals surface area contributed by atoms with Crippen LogP contribution in [-0.4, -0.2) is 24.9 Å². The van der Waals surface area contributed by atoms with Gasteiger partial charge in [-0.15, -0.1) is 0 Å². The van der Waals surface area contributed by atoms with Crippen molar-refractivity contribution in [2.75, 3.05) is 23.7 Å². The number of anilines is 2. The topological polar surface area (TPSA) is 70.2 Å². The van der Waals surface area contributed by atoms with E-state index in [-0.39, 0.29) is 18.4 Å². The Bertz CT molecular complexity index is 671. The number of benzene rings is 2. The van der Waals surface area contributed by atoms with Crippen molar-refractivity contribution in [2.24, 2.45) is 0 Å². The quantitative estimate of drug-likeness (QED) is 0.654. The fourth-order valence-corrected chi connectivity index (χ4v) is 2.35. The molecule has 126 valence electrons. The zero-order valence-electron chi connectivity index (χ0n) is 13.8. The number of carbonyl (C=O) groups excluding carboxylic acids is 2. The Kier molecular flexibility index (Phi) is 6.98. The molecule has 0 aliphatic heterocycles. The van der Waals surface area contributed by atoms with Gasteiger partial charge in [0.05, 0.1) is 6.54 Å². The van der Waals surface area contributed by atoms with E-state index < -0.39 is 0 Å². The van der Waals surface area contributed by atoms with Crippen molar-refractivity contribution in [3.63, 3.8) is 0 Å². The number of hydrogen-bond acceptors (Lipinski definition) is 3. The molecule has 2 rings (SSSR count). The fraction of sp³-hybridized carbons (Fsp3) is 0.263. The summed E-state index contributed by atoms with van der Waals surface area (Å²) < 4.78 is 0. The lowest BCUT2D eigenvalue weighted by Gasteiger charge is -2.09. The van der Waals surface area contributed by atoms with E-state index in [4.69, 9.17) is 0 Å². The van der Waals surface area contributed by atoms with Crippen molar-refractivity contribution in [3.8, 4) is 0 Å². The Morgan fingerprint density at radius 1 is 0.917 bits per heavy atom. The molecule has 0 heterocycles. The molecule has 0 spiro atoms. The van der Waals surface area contributed by atoms with Crippen molar-refractivity contribution in [1.29, 1.82) is 0 Å². The van der Waals surface area contributed by atoms with E-state index in [1.807, 2.05) is 18.2 Å². The van der Waals surface area contributed by atoms with Gasteiger partial charge in [0, 0.05) is 18.3 Å². The lowest BCUT2D eigenvalue weighted by atomic mass is 10.1. The van der Waals surface area contributed by atoms with E-state index in [1.165, 1.54) is 12.5 Å². The molecule has 5 heteroatoms. The number of aryl methyl sites for hydroxylation is 1. The lowest BCUT2D eigenvalue weighted by molar-refractivity contribution is -0.115. The number of hydrogen-bond donors (Lipinski definition) is 3. The van der Waals surface area contributed by atoms with Crippen LogP contribution in [0.5, 0.6) is 0 Å². The number of nitrogens with one attached hydrogen (secondary N) is 3. The molecule has 0 unspecified atom stereocenters. The summed E-state index contributed by atoms with van der Waals surface area (Å²) in [4.78, 5) is 23.0. The summed E-state index contributed by atoms with van der Waals surface area (Å²) in [6, 6.07) is 17.4. The minimum absolute atomic E-state index is 0.102. The van der Waals surface area contributed by atoms with Crippen molar-refractivity contribution in [3.05, 3.63) is 60.2 Å². The standard InChI is InChI=1S/C19H23N3O2/c1-15(23)21-17-10-5-11-18(13-17)22-19(24)14-20-12-6-9-16-7-3-2-4-8-16/h2-5,7-8,10-11,13,20H,6,9,12,14H2,1H3,(H,21,23)(H,22,24). The van der Waals surface area contributed by atoms with E-state index in [9.17, 15) is 9.59 Å². The van der Waals surface area contributed by atoms with Crippen LogP contribution in [0.25, 0.3) is 0 Å². The highest BCUT2D eigenvalue weighted by Crippen LogP contribution is 2.14. The molecule has 3 N–H and O–H groups in total. The molecule has 2 aromatic carbocycles. The average Bonchev–Trinajstić information content (AvgIpc) is 2.55. The summed E-state index contributed by atoms with van der Waals surface area (Å²) in [5.41, 5.74) is 2.63. The Hall–Kier alpha value is -2.66. The van der Waals surface area contributed by atoms with E-state index in [0.717, 1.165) is 19.4 Å². The van der Waals surface area contributed by atoms with Crippen LogP contribution in [0.3, 0.4) is 0 Å². The Labute approximate surface area is 142 Å². The number of amides is 2. The van der Waals surface area contributed by atoms with E-state index in [2.05, 4.69) is 28.1 Å². The molecular formula is C19H23N3O2. The smallest absolute Gasteiger partial charge is 0.238 e. The molecule has 0 saturated carbocycles. The van der Waals surface area contributed by atoms with Gasteiger partial charge in [0.1, 0.15) is 0 Å². The van der Waals surface area contributed by atoms with Crippen LogP contribution in [0.4, 0.5) is 11.4 Å². The lowest BCUT2D eigenvalue weighted by Crippen LogP contribution is -2.29. The maximum absolute atomic E-state index is 11.9. The van der Waals surface area contributed by atoms with E-state index in [0.29, 0.717) is 11.4 Å². The van der Waals surface area contributed by atoms with Gasteiger partial charge >= 0.3 is 0 Å². The maximum Gasteiger partial charge on any atom is 0.238 e. The molecule has 0 bridgehead atoms. The second-order valence-corrected chi connectivity index (χ2v) is 5.58. The van der Waals surface area contributed by atoms with Gasteiger partial charge in [0.25, 0.3) is 0 Å². The van der Waals surface area contributed by atoms with E-state index in [1.54, 1.807) is 24.3 Å². The number of rotatable bonds is 8. The zero-order valence-corrected chi connectivity index (χ0v) is 13.8. The normalized spacial score (nSPS) is 10.2. The van der Waals surface area contributed by atoms with Crippen LogP contribution in [0.2, 0.25) is 0 Å². The van der Waals surface area contributed by atoms with Gasteiger partial charge in [-0.25, -0.2) is 0 Å². The van der Waals surface area contributed by atoms with Crippen LogP contribution in [0.1, 0.15) is 18.9 Å². The van der Waals surface area contributed by atoms with Crippen molar-refractivity contribution in [2.45, 2.75) is 19.8 Å². The van der Waals surface area contributed by atoms with Crippen LogP contribution in [0, 0.1) is 0 Å². The van der Waals surface area contributed by atoms with Gasteiger partial charge < -0.3 is 16.0 Å².